The highest BCUT2D eigenvalue weighted by molar-refractivity contribution is 5.77. The molecule has 8 heteroatoms. The quantitative estimate of drug-likeness (QED) is 0.0693. The molecule has 0 spiro atoms. The average molecular weight is 658 g/mol. The molecule has 0 aliphatic heterocycles. The van der Waals surface area contributed by atoms with Gasteiger partial charge < -0.3 is 20.0 Å². The molecule has 0 aromatic heterocycles. The van der Waals surface area contributed by atoms with Crippen molar-refractivity contribution < 1.29 is 14.8 Å². The molecule has 3 aromatic carbocycles. The number of aryl methyl sites for hydroxylation is 6. The van der Waals surface area contributed by atoms with E-state index < -0.39 is 5.91 Å². The molecule has 0 atom stereocenters. The fraction of sp³-hybridized carbons (Fsp3) is 0.500. The van der Waals surface area contributed by atoms with Gasteiger partial charge in [0.1, 0.15) is 0 Å². The highest BCUT2D eigenvalue weighted by Gasteiger charge is 2.17. The van der Waals surface area contributed by atoms with Crippen molar-refractivity contribution in [3.8, 4) is 0 Å². The molecule has 0 saturated carbocycles. The van der Waals surface area contributed by atoms with Crippen LogP contribution in [0.1, 0.15) is 83.9 Å². The number of carbonyl (C=O) groups is 2. The lowest BCUT2D eigenvalue weighted by Gasteiger charge is -2.30. The van der Waals surface area contributed by atoms with E-state index in [4.69, 9.17) is 5.21 Å². The fourth-order valence-corrected chi connectivity index (χ4v) is 6.74. The second-order valence-electron chi connectivity index (χ2n) is 13.6. The number of carbonyl (C=O) groups excluding carboxylic acids is 2. The van der Waals surface area contributed by atoms with Crippen LogP contribution in [0.4, 0.5) is 17.1 Å². The Morgan fingerprint density at radius 1 is 0.688 bits per heavy atom. The van der Waals surface area contributed by atoms with Gasteiger partial charge in [-0.05, 0) is 114 Å². The minimum absolute atomic E-state index is 0.103. The van der Waals surface area contributed by atoms with E-state index >= 15 is 0 Å². The predicted octanol–water partition coefficient (Wildman–Crippen LogP) is 7.79. The van der Waals surface area contributed by atoms with Gasteiger partial charge in [0.05, 0.1) is 0 Å². The molecule has 0 unspecified atom stereocenters. The molecule has 3 rings (SSSR count). The second kappa shape index (κ2) is 19.1. The Balaban J connectivity index is 1.66. The van der Waals surface area contributed by atoms with Crippen LogP contribution in [0.3, 0.4) is 0 Å². The molecule has 48 heavy (non-hydrogen) atoms. The maximum Gasteiger partial charge on any atom is 0.243 e. The van der Waals surface area contributed by atoms with Gasteiger partial charge in [-0.15, -0.1) is 0 Å². The first kappa shape index (κ1) is 38.4. The summed E-state index contributed by atoms with van der Waals surface area (Å²) in [5.41, 5.74) is 14.2. The van der Waals surface area contributed by atoms with E-state index in [1.54, 1.807) is 5.48 Å². The van der Waals surface area contributed by atoms with Gasteiger partial charge in [0.15, 0.2) is 0 Å². The van der Waals surface area contributed by atoms with Gasteiger partial charge in [-0.3, -0.25) is 14.8 Å². The smallest absolute Gasteiger partial charge is 0.243 e. The third kappa shape index (κ3) is 11.9. The van der Waals surface area contributed by atoms with Crippen molar-refractivity contribution in [3.05, 3.63) is 87.5 Å². The average Bonchev–Trinajstić information content (AvgIpc) is 3.02. The van der Waals surface area contributed by atoms with Gasteiger partial charge in [0.2, 0.25) is 11.8 Å². The van der Waals surface area contributed by atoms with Crippen molar-refractivity contribution in [2.75, 3.05) is 55.4 Å². The number of amides is 2. The molecule has 8 nitrogen and oxygen atoms in total. The van der Waals surface area contributed by atoms with E-state index in [0.717, 1.165) is 50.1 Å². The van der Waals surface area contributed by atoms with Crippen LogP contribution >= 0.6 is 0 Å². The maximum absolute atomic E-state index is 13.4. The number of hydrogen-bond acceptors (Lipinski definition) is 6. The second-order valence-corrected chi connectivity index (χ2v) is 13.6. The summed E-state index contributed by atoms with van der Waals surface area (Å²) in [6, 6.07) is 17.4. The van der Waals surface area contributed by atoms with Crippen LogP contribution < -0.4 is 20.6 Å². The summed E-state index contributed by atoms with van der Waals surface area (Å²) in [7, 11) is 4.04. The largest absolute Gasteiger partial charge is 0.385 e. The van der Waals surface area contributed by atoms with Crippen molar-refractivity contribution >= 4 is 28.9 Å². The van der Waals surface area contributed by atoms with Crippen molar-refractivity contribution in [2.45, 2.75) is 93.0 Å². The van der Waals surface area contributed by atoms with Crippen molar-refractivity contribution in [1.29, 1.82) is 0 Å². The normalized spacial score (nSPS) is 10.9. The lowest BCUT2D eigenvalue weighted by atomic mass is 10.0. The highest BCUT2D eigenvalue weighted by Crippen LogP contribution is 2.28. The number of hydroxylamine groups is 1. The monoisotopic (exact) mass is 657 g/mol. The van der Waals surface area contributed by atoms with Crippen molar-refractivity contribution in [1.82, 2.24) is 10.4 Å². The van der Waals surface area contributed by atoms with Gasteiger partial charge in [0, 0.05) is 76.7 Å². The van der Waals surface area contributed by atoms with Crippen LogP contribution in [-0.2, 0) is 16.1 Å². The van der Waals surface area contributed by atoms with Crippen LogP contribution in [0.25, 0.3) is 0 Å². The third-order valence-electron chi connectivity index (χ3n) is 8.99. The van der Waals surface area contributed by atoms with Gasteiger partial charge in [-0.1, -0.05) is 47.5 Å². The molecule has 0 radical (unpaired) electrons. The molecule has 0 aliphatic carbocycles. The van der Waals surface area contributed by atoms with E-state index in [-0.39, 0.29) is 12.3 Å². The zero-order chi connectivity index (χ0) is 35.2. The molecule has 0 aliphatic rings. The molecule has 0 saturated heterocycles. The number of nitrogens with one attached hydrogen (secondary N) is 2. The number of anilines is 3. The summed E-state index contributed by atoms with van der Waals surface area (Å²) >= 11 is 0. The Labute approximate surface area is 289 Å². The number of unbranched alkanes of at least 4 members (excludes halogenated alkanes) is 2. The van der Waals surface area contributed by atoms with Gasteiger partial charge >= 0.3 is 0 Å². The minimum atomic E-state index is -0.417. The van der Waals surface area contributed by atoms with Crippen LogP contribution in [0.15, 0.2) is 48.5 Å². The fourth-order valence-electron chi connectivity index (χ4n) is 6.74. The Morgan fingerprint density at radius 3 is 1.81 bits per heavy atom. The summed E-state index contributed by atoms with van der Waals surface area (Å²) in [6.45, 7) is 17.1. The zero-order valence-corrected chi connectivity index (χ0v) is 30.7. The first-order valence-corrected chi connectivity index (χ1v) is 17.5. The number of rotatable bonds is 19. The van der Waals surface area contributed by atoms with E-state index in [1.807, 2.05) is 19.0 Å². The number of hydrogen-bond donors (Lipinski definition) is 3. The van der Waals surface area contributed by atoms with E-state index in [9.17, 15) is 9.59 Å². The van der Waals surface area contributed by atoms with Crippen molar-refractivity contribution in [3.63, 3.8) is 0 Å². The number of benzene rings is 3. The van der Waals surface area contributed by atoms with Gasteiger partial charge in [-0.2, -0.15) is 0 Å². The molecule has 2 amide bonds. The zero-order valence-electron chi connectivity index (χ0n) is 30.7. The first-order valence-electron chi connectivity index (χ1n) is 17.5. The first-order chi connectivity index (χ1) is 22.9. The summed E-state index contributed by atoms with van der Waals surface area (Å²) < 4.78 is 0. The minimum Gasteiger partial charge on any atom is -0.385 e. The molecule has 0 heterocycles. The topological polar surface area (TPSA) is 88.2 Å². The molecule has 262 valence electrons. The van der Waals surface area contributed by atoms with E-state index in [2.05, 4.69) is 105 Å². The van der Waals surface area contributed by atoms with Crippen LogP contribution in [0.2, 0.25) is 0 Å². The van der Waals surface area contributed by atoms with E-state index in [1.165, 1.54) is 44.8 Å². The molecular formula is C40H59N5O3. The molecule has 0 bridgehead atoms. The Bertz CT molecular complexity index is 1440. The lowest BCUT2D eigenvalue weighted by molar-refractivity contribution is -0.132. The predicted molar refractivity (Wildman–Crippen MR) is 200 cm³/mol. The van der Waals surface area contributed by atoms with Crippen LogP contribution in [0.5, 0.6) is 0 Å². The summed E-state index contributed by atoms with van der Waals surface area (Å²) in [5, 5.41) is 12.5. The lowest BCUT2D eigenvalue weighted by Crippen LogP contribution is -2.33. The molecular weight excluding hydrogens is 598 g/mol. The molecule has 3 aromatic rings. The Hall–Kier alpha value is -4.04. The van der Waals surface area contributed by atoms with Gasteiger partial charge in [0.25, 0.3) is 0 Å². The SMILES string of the molecule is Cc1cc(C)c(NCCCN(CCCCN(Cc2ccc(N(C)C)cc2)C(=O)CCCCC(=O)NO)c2c(C)cc(C)cc2C)c(C)c1. The summed E-state index contributed by atoms with van der Waals surface area (Å²) in [5.74, 6) is -0.314. The maximum atomic E-state index is 13.4. The van der Waals surface area contributed by atoms with Crippen LogP contribution in [0, 0.1) is 41.5 Å². The Morgan fingerprint density at radius 2 is 1.23 bits per heavy atom. The highest BCUT2D eigenvalue weighted by atomic mass is 16.5. The number of nitrogens with zero attached hydrogens (tertiary/aromatic N) is 3. The summed E-state index contributed by atoms with van der Waals surface area (Å²) in [6.07, 6.45) is 4.65. The standard InChI is InChI=1S/C40H59N5O3/c1-29-24-31(3)39(32(4)25-29)41-20-13-23-44(40-33(5)26-30(2)27-34(40)6)21-11-12-22-45(38(47)15-10-9-14-37(46)42-48)28-35-16-18-36(19-17-35)43(7)8/h16-19,24-27,41,48H,9-15,20-23,28H2,1-8H3,(H,42,46). The Kier molecular flexibility index (Phi) is 15.3. The molecule has 0 fully saturated rings. The third-order valence-corrected chi connectivity index (χ3v) is 8.99. The van der Waals surface area contributed by atoms with Crippen LogP contribution in [-0.4, -0.2) is 62.2 Å². The molecule has 3 N–H and O–H groups in total. The summed E-state index contributed by atoms with van der Waals surface area (Å²) in [4.78, 5) is 31.4. The van der Waals surface area contributed by atoms with Crippen molar-refractivity contribution in [2.24, 2.45) is 0 Å². The van der Waals surface area contributed by atoms with Gasteiger partial charge in [-0.25, -0.2) is 5.48 Å². The van der Waals surface area contributed by atoms with E-state index in [0.29, 0.717) is 32.4 Å².